The number of nitrogens with zero attached hydrogens (tertiary/aromatic N) is 2. The van der Waals surface area contributed by atoms with E-state index >= 15 is 0 Å². The van der Waals surface area contributed by atoms with Crippen LogP contribution < -0.4 is 5.48 Å². The van der Waals surface area contributed by atoms with Gasteiger partial charge in [0, 0.05) is 12.4 Å². The lowest BCUT2D eigenvalue weighted by molar-refractivity contribution is 0.270. The summed E-state index contributed by atoms with van der Waals surface area (Å²) in [6.07, 6.45) is 2.99. The smallest absolute Gasteiger partial charge is 0.220 e. The van der Waals surface area contributed by atoms with Crippen molar-refractivity contribution in [3.63, 3.8) is 0 Å². The second kappa shape index (κ2) is 2.23. The van der Waals surface area contributed by atoms with Gasteiger partial charge >= 0.3 is 0 Å². The Bertz CT molecular complexity index is 153. The normalized spacial score (nSPS) is 8.62. The third-order valence-corrected chi connectivity index (χ3v) is 0.657. The molecule has 1 aromatic heterocycles. The van der Waals surface area contributed by atoms with E-state index in [9.17, 15) is 5.21 Å². The summed E-state index contributed by atoms with van der Waals surface area (Å²) in [5, 5.41) is 9.76. The number of rotatable bonds is 1. The first kappa shape index (κ1) is 4.99. The highest BCUT2D eigenvalue weighted by atomic mass is 16.5. The van der Waals surface area contributed by atoms with E-state index in [1.807, 2.05) is 0 Å². The monoisotopic (exact) mass is 110 g/mol. The van der Waals surface area contributed by atoms with Gasteiger partial charge in [-0.1, -0.05) is 5.21 Å². The third kappa shape index (κ3) is 0.913. The lowest BCUT2D eigenvalue weighted by atomic mass is 10.7. The number of hydrogen-bond donors (Lipinski definition) is 1. The van der Waals surface area contributed by atoms with Crippen molar-refractivity contribution < 1.29 is 5.21 Å². The van der Waals surface area contributed by atoms with Gasteiger partial charge in [0.2, 0.25) is 5.95 Å². The molecule has 0 aliphatic heterocycles. The van der Waals surface area contributed by atoms with E-state index < -0.39 is 0 Å². The van der Waals surface area contributed by atoms with Crippen LogP contribution in [0.1, 0.15) is 0 Å². The Morgan fingerprint density at radius 2 is 2.00 bits per heavy atom. The second-order valence-electron chi connectivity index (χ2n) is 1.17. The highest BCUT2D eigenvalue weighted by Crippen LogP contribution is 1.88. The molecule has 0 saturated heterocycles. The van der Waals surface area contributed by atoms with Crippen LogP contribution in [0, 0.1) is 0 Å². The van der Waals surface area contributed by atoms with Crippen LogP contribution in [-0.2, 0) is 5.21 Å². The van der Waals surface area contributed by atoms with Crippen molar-refractivity contribution in [1.29, 1.82) is 0 Å². The zero-order chi connectivity index (χ0) is 5.82. The number of hydrogen-bond acceptors (Lipinski definition) is 3. The Labute approximate surface area is 46.2 Å². The van der Waals surface area contributed by atoms with Gasteiger partial charge in [0.05, 0.1) is 0 Å². The summed E-state index contributed by atoms with van der Waals surface area (Å²) >= 11 is 0. The topological polar surface area (TPSA) is 57.7 Å². The Kier molecular flexibility index (Phi) is 1.39. The molecule has 1 radical (unpaired) electrons. The maximum absolute atomic E-state index is 9.76. The Hall–Kier alpha value is -1.16. The molecule has 8 heavy (non-hydrogen) atoms. The molecular formula is C4H4N3O. The summed E-state index contributed by atoms with van der Waals surface area (Å²) in [7, 11) is 0. The van der Waals surface area contributed by atoms with Crippen LogP contribution in [0.2, 0.25) is 0 Å². The van der Waals surface area contributed by atoms with Gasteiger partial charge in [-0.05, 0) is 6.07 Å². The van der Waals surface area contributed by atoms with Crippen LogP contribution in [0.4, 0.5) is 5.95 Å². The van der Waals surface area contributed by atoms with Gasteiger partial charge < -0.3 is 0 Å². The van der Waals surface area contributed by atoms with Crippen molar-refractivity contribution in [2.45, 2.75) is 0 Å². The van der Waals surface area contributed by atoms with Crippen molar-refractivity contribution >= 4 is 5.95 Å². The molecular weight excluding hydrogens is 106 g/mol. The van der Waals surface area contributed by atoms with Crippen LogP contribution in [0.3, 0.4) is 0 Å². The highest BCUT2D eigenvalue weighted by molar-refractivity contribution is 5.16. The van der Waals surface area contributed by atoms with Crippen LogP contribution >= 0.6 is 0 Å². The highest BCUT2D eigenvalue weighted by Gasteiger charge is 1.84. The molecule has 0 atom stereocenters. The van der Waals surface area contributed by atoms with E-state index in [-0.39, 0.29) is 5.95 Å². The molecule has 4 heteroatoms. The van der Waals surface area contributed by atoms with Gasteiger partial charge in [0.1, 0.15) is 0 Å². The quantitative estimate of drug-likeness (QED) is 0.526. The molecule has 1 heterocycles. The molecule has 0 aromatic carbocycles. The Morgan fingerprint density at radius 3 is 2.38 bits per heavy atom. The summed E-state index contributed by atoms with van der Waals surface area (Å²) < 4.78 is 0. The van der Waals surface area contributed by atoms with E-state index in [1.54, 1.807) is 11.5 Å². The first-order valence-corrected chi connectivity index (χ1v) is 2.08. The van der Waals surface area contributed by atoms with Crippen LogP contribution in [0.25, 0.3) is 0 Å². The number of anilines is 1. The summed E-state index contributed by atoms with van der Waals surface area (Å²) in [4.78, 5) is 7.12. The van der Waals surface area contributed by atoms with Crippen molar-refractivity contribution in [2.75, 3.05) is 5.48 Å². The first-order valence-electron chi connectivity index (χ1n) is 2.08. The molecule has 0 unspecified atom stereocenters. The summed E-state index contributed by atoms with van der Waals surface area (Å²) in [6.45, 7) is 0. The first-order chi connectivity index (χ1) is 3.93. The lowest BCUT2D eigenvalue weighted by Crippen LogP contribution is -1.91. The van der Waals surface area contributed by atoms with Crippen molar-refractivity contribution in [3.05, 3.63) is 18.5 Å². The molecule has 1 rings (SSSR count). The predicted octanol–water partition coefficient (Wildman–Crippen LogP) is 0.234. The summed E-state index contributed by atoms with van der Waals surface area (Å²) in [5.74, 6) is 0.104. The lowest BCUT2D eigenvalue weighted by Gasteiger charge is -1.87. The van der Waals surface area contributed by atoms with E-state index in [2.05, 4.69) is 9.97 Å². The standard InChI is InChI=1S/C4H4N3O/c8-7-4-5-2-1-3-6-4/h1-3H,(H,5,6,7). The molecule has 41 valence electrons. The van der Waals surface area contributed by atoms with E-state index in [0.717, 1.165) is 0 Å². The molecule has 0 bridgehead atoms. The molecule has 0 amide bonds. The predicted molar refractivity (Wildman–Crippen MR) is 26.3 cm³/mol. The van der Waals surface area contributed by atoms with Crippen LogP contribution in [0.5, 0.6) is 0 Å². The molecule has 0 aliphatic carbocycles. The third-order valence-electron chi connectivity index (χ3n) is 0.657. The molecule has 4 nitrogen and oxygen atoms in total. The Morgan fingerprint density at radius 1 is 1.38 bits per heavy atom. The van der Waals surface area contributed by atoms with Gasteiger partial charge in [-0.25, -0.2) is 9.97 Å². The number of aromatic nitrogens is 2. The van der Waals surface area contributed by atoms with Gasteiger partial charge in [-0.15, -0.1) is 0 Å². The maximum Gasteiger partial charge on any atom is 0.249 e. The SMILES string of the molecule is [O]Nc1ncccn1. The zero-order valence-corrected chi connectivity index (χ0v) is 4.03. The van der Waals surface area contributed by atoms with Gasteiger partial charge in [0.25, 0.3) is 0 Å². The van der Waals surface area contributed by atoms with Gasteiger partial charge in [-0.2, -0.15) is 5.48 Å². The van der Waals surface area contributed by atoms with Crippen molar-refractivity contribution in [3.8, 4) is 0 Å². The minimum atomic E-state index is 0.104. The minimum Gasteiger partial charge on any atom is -0.220 e. The fourth-order valence-corrected chi connectivity index (χ4v) is 0.352. The average Bonchev–Trinajstić information content (AvgIpc) is 1.90. The molecule has 0 spiro atoms. The Balaban J connectivity index is 2.83. The molecule has 0 aliphatic rings. The molecule has 0 saturated carbocycles. The van der Waals surface area contributed by atoms with Gasteiger partial charge in [-0.3, -0.25) is 0 Å². The van der Waals surface area contributed by atoms with Crippen LogP contribution in [0.15, 0.2) is 18.5 Å². The second-order valence-corrected chi connectivity index (χ2v) is 1.17. The van der Waals surface area contributed by atoms with Crippen LogP contribution in [-0.4, -0.2) is 9.97 Å². The molecule has 0 fully saturated rings. The zero-order valence-electron chi connectivity index (χ0n) is 4.03. The van der Waals surface area contributed by atoms with E-state index in [4.69, 9.17) is 0 Å². The van der Waals surface area contributed by atoms with E-state index in [0.29, 0.717) is 0 Å². The summed E-state index contributed by atoms with van der Waals surface area (Å²) in [6, 6.07) is 1.64. The average molecular weight is 110 g/mol. The minimum absolute atomic E-state index is 0.104. The van der Waals surface area contributed by atoms with Crippen molar-refractivity contribution in [1.82, 2.24) is 9.97 Å². The van der Waals surface area contributed by atoms with Crippen molar-refractivity contribution in [2.24, 2.45) is 0 Å². The van der Waals surface area contributed by atoms with E-state index in [1.165, 1.54) is 12.4 Å². The van der Waals surface area contributed by atoms with Gasteiger partial charge in [0.15, 0.2) is 0 Å². The summed E-state index contributed by atoms with van der Waals surface area (Å²) in [5.41, 5.74) is 1.55. The number of nitrogens with one attached hydrogen (secondary N) is 1. The molecule has 1 aromatic rings. The fourth-order valence-electron chi connectivity index (χ4n) is 0.352. The largest absolute Gasteiger partial charge is 0.249 e. The maximum atomic E-state index is 9.76. The fraction of sp³-hybridized carbons (Fsp3) is 0. The molecule has 1 N–H and O–H groups in total.